The van der Waals surface area contributed by atoms with Gasteiger partial charge in [-0.2, -0.15) is 0 Å². The largest absolute Gasteiger partial charge is 0.478 e. The third-order valence-electron chi connectivity index (χ3n) is 2.44. The molecule has 0 aliphatic heterocycles. The van der Waals surface area contributed by atoms with Crippen molar-refractivity contribution in [3.8, 4) is 0 Å². The van der Waals surface area contributed by atoms with Crippen LogP contribution in [0, 0.1) is 12.7 Å². The number of nitrogens with one attached hydrogen (secondary N) is 1. The van der Waals surface area contributed by atoms with Gasteiger partial charge in [-0.05, 0) is 36.8 Å². The predicted octanol–water partition coefficient (Wildman–Crippen LogP) is 2.55. The second-order valence-corrected chi connectivity index (χ2v) is 4.11. The van der Waals surface area contributed by atoms with Crippen molar-refractivity contribution in [2.75, 3.05) is 11.1 Å². The minimum atomic E-state index is -1.16. The molecule has 0 bridgehead atoms. The van der Waals surface area contributed by atoms with E-state index < -0.39 is 11.8 Å². The van der Waals surface area contributed by atoms with E-state index in [-0.39, 0.29) is 17.1 Å². The lowest BCUT2D eigenvalue weighted by Gasteiger charge is -2.10. The Morgan fingerprint density at radius 2 is 2.11 bits per heavy atom. The molecule has 19 heavy (non-hydrogen) atoms. The van der Waals surface area contributed by atoms with Crippen LogP contribution in [-0.4, -0.2) is 16.1 Å². The van der Waals surface area contributed by atoms with Crippen LogP contribution in [0.25, 0.3) is 0 Å². The zero-order chi connectivity index (χ0) is 14.0. The lowest BCUT2D eigenvalue weighted by atomic mass is 10.2. The minimum absolute atomic E-state index is 0.0677. The number of aromatic nitrogens is 1. The quantitative estimate of drug-likeness (QED) is 0.790. The maximum atomic E-state index is 13.3. The van der Waals surface area contributed by atoms with Gasteiger partial charge in [0.2, 0.25) is 0 Å². The van der Waals surface area contributed by atoms with Crippen LogP contribution in [0.2, 0.25) is 0 Å². The highest BCUT2D eigenvalue weighted by Crippen LogP contribution is 2.22. The Morgan fingerprint density at radius 1 is 1.37 bits per heavy atom. The Balaban J connectivity index is 2.40. The molecule has 0 fully saturated rings. The number of pyridine rings is 1. The highest BCUT2D eigenvalue weighted by atomic mass is 19.1. The van der Waals surface area contributed by atoms with E-state index in [4.69, 9.17) is 10.8 Å². The van der Waals surface area contributed by atoms with Gasteiger partial charge in [-0.15, -0.1) is 0 Å². The average Bonchev–Trinajstić information content (AvgIpc) is 2.30. The van der Waals surface area contributed by atoms with Gasteiger partial charge in [0.05, 0.1) is 11.9 Å². The first-order valence-corrected chi connectivity index (χ1v) is 5.49. The van der Waals surface area contributed by atoms with Crippen molar-refractivity contribution in [1.82, 2.24) is 4.98 Å². The number of halogens is 1. The standard InChI is InChI=1S/C13H12FN3O2/c1-7-2-8(14)4-10(3-7)17-12-11(13(18)19)5-9(15)6-16-12/h2-6H,15H2,1H3,(H,16,17)(H,18,19). The monoisotopic (exact) mass is 261 g/mol. The van der Waals surface area contributed by atoms with Gasteiger partial charge in [-0.25, -0.2) is 14.2 Å². The van der Waals surface area contributed by atoms with E-state index in [1.165, 1.54) is 24.4 Å². The van der Waals surface area contributed by atoms with E-state index >= 15 is 0 Å². The van der Waals surface area contributed by atoms with Crippen molar-refractivity contribution in [3.63, 3.8) is 0 Å². The van der Waals surface area contributed by atoms with Crippen LogP contribution in [0.15, 0.2) is 30.5 Å². The zero-order valence-corrected chi connectivity index (χ0v) is 10.1. The summed E-state index contributed by atoms with van der Waals surface area (Å²) in [5.41, 5.74) is 6.82. The van der Waals surface area contributed by atoms with Gasteiger partial charge in [0.25, 0.3) is 0 Å². The minimum Gasteiger partial charge on any atom is -0.478 e. The molecule has 1 aromatic heterocycles. The number of hydrogen-bond donors (Lipinski definition) is 3. The number of hydrogen-bond acceptors (Lipinski definition) is 4. The molecule has 2 rings (SSSR count). The highest BCUT2D eigenvalue weighted by molar-refractivity contribution is 5.94. The predicted molar refractivity (Wildman–Crippen MR) is 70.0 cm³/mol. The molecule has 0 aliphatic carbocycles. The molecular weight excluding hydrogens is 249 g/mol. The summed E-state index contributed by atoms with van der Waals surface area (Å²) in [4.78, 5) is 15.0. The molecule has 0 aliphatic rings. The summed E-state index contributed by atoms with van der Waals surface area (Å²) in [5.74, 6) is -1.45. The SMILES string of the molecule is Cc1cc(F)cc(Nc2ncc(N)cc2C(=O)O)c1. The first kappa shape index (κ1) is 12.8. The fraction of sp³-hybridized carbons (Fsp3) is 0.0769. The number of nitrogen functional groups attached to an aromatic ring is 1. The van der Waals surface area contributed by atoms with Crippen molar-refractivity contribution in [2.24, 2.45) is 0 Å². The number of aromatic carboxylic acids is 1. The number of nitrogens with two attached hydrogens (primary N) is 1. The summed E-state index contributed by atoms with van der Waals surface area (Å²) in [5, 5.41) is 11.8. The van der Waals surface area contributed by atoms with Gasteiger partial charge in [0.1, 0.15) is 17.2 Å². The number of benzene rings is 1. The smallest absolute Gasteiger partial charge is 0.339 e. The van der Waals surface area contributed by atoms with E-state index in [1.54, 1.807) is 13.0 Å². The fourth-order valence-corrected chi connectivity index (χ4v) is 1.69. The molecule has 0 unspecified atom stereocenters. The highest BCUT2D eigenvalue weighted by Gasteiger charge is 2.12. The van der Waals surface area contributed by atoms with Gasteiger partial charge in [-0.3, -0.25) is 0 Å². The maximum absolute atomic E-state index is 13.3. The first-order chi connectivity index (χ1) is 8.95. The van der Waals surface area contributed by atoms with Crippen LogP contribution in [0.3, 0.4) is 0 Å². The number of aryl methyl sites for hydroxylation is 1. The molecule has 2 aromatic rings. The Morgan fingerprint density at radius 3 is 2.74 bits per heavy atom. The van der Waals surface area contributed by atoms with Gasteiger partial charge < -0.3 is 16.2 Å². The molecular formula is C13H12FN3O2. The van der Waals surface area contributed by atoms with Crippen LogP contribution in [-0.2, 0) is 0 Å². The van der Waals surface area contributed by atoms with E-state index in [2.05, 4.69) is 10.3 Å². The maximum Gasteiger partial charge on any atom is 0.339 e. The second-order valence-electron chi connectivity index (χ2n) is 4.11. The Labute approximate surface area is 108 Å². The third kappa shape index (κ3) is 2.98. The number of nitrogens with zero attached hydrogens (tertiary/aromatic N) is 1. The van der Waals surface area contributed by atoms with Crippen LogP contribution in [0.1, 0.15) is 15.9 Å². The van der Waals surface area contributed by atoms with Crippen LogP contribution < -0.4 is 11.1 Å². The third-order valence-corrected chi connectivity index (χ3v) is 2.44. The van der Waals surface area contributed by atoms with Crippen LogP contribution >= 0.6 is 0 Å². The molecule has 0 saturated carbocycles. The summed E-state index contributed by atoms with van der Waals surface area (Å²) in [6.45, 7) is 1.74. The first-order valence-electron chi connectivity index (χ1n) is 5.49. The lowest BCUT2D eigenvalue weighted by Crippen LogP contribution is -2.06. The molecule has 0 amide bonds. The normalized spacial score (nSPS) is 10.2. The van der Waals surface area contributed by atoms with Gasteiger partial charge in [0, 0.05) is 5.69 Å². The van der Waals surface area contributed by atoms with Crippen molar-refractivity contribution in [3.05, 3.63) is 47.4 Å². The van der Waals surface area contributed by atoms with Crippen LogP contribution in [0.5, 0.6) is 0 Å². The number of carboxylic acids is 1. The van der Waals surface area contributed by atoms with E-state index in [0.717, 1.165) is 5.56 Å². The van der Waals surface area contributed by atoms with Gasteiger partial charge in [0.15, 0.2) is 0 Å². The molecule has 5 nitrogen and oxygen atoms in total. The molecule has 1 aromatic carbocycles. The molecule has 4 N–H and O–H groups in total. The summed E-state index contributed by atoms with van der Waals surface area (Å²) >= 11 is 0. The average molecular weight is 261 g/mol. The number of anilines is 3. The van der Waals surface area contributed by atoms with Crippen molar-refractivity contribution in [2.45, 2.75) is 6.92 Å². The Bertz CT molecular complexity index is 624. The molecule has 6 heteroatoms. The molecule has 0 spiro atoms. The van der Waals surface area contributed by atoms with E-state index in [0.29, 0.717) is 5.69 Å². The lowest BCUT2D eigenvalue weighted by molar-refractivity contribution is 0.0697. The number of carbonyl (C=O) groups is 1. The molecule has 1 heterocycles. The molecule has 98 valence electrons. The molecule has 0 radical (unpaired) electrons. The molecule has 0 saturated heterocycles. The second kappa shape index (κ2) is 4.93. The van der Waals surface area contributed by atoms with E-state index in [1.807, 2.05) is 0 Å². The van der Waals surface area contributed by atoms with Crippen molar-refractivity contribution in [1.29, 1.82) is 0 Å². The van der Waals surface area contributed by atoms with Crippen molar-refractivity contribution >= 4 is 23.2 Å². The summed E-state index contributed by atoms with van der Waals surface area (Å²) in [7, 11) is 0. The van der Waals surface area contributed by atoms with Gasteiger partial charge in [-0.1, -0.05) is 0 Å². The summed E-state index contributed by atoms with van der Waals surface area (Å²) in [6.07, 6.45) is 1.33. The summed E-state index contributed by atoms with van der Waals surface area (Å²) in [6, 6.07) is 5.62. The Kier molecular flexibility index (Phi) is 3.33. The zero-order valence-electron chi connectivity index (χ0n) is 10.1. The van der Waals surface area contributed by atoms with Crippen molar-refractivity contribution < 1.29 is 14.3 Å². The number of carboxylic acid groups (broad SMARTS) is 1. The van der Waals surface area contributed by atoms with E-state index in [9.17, 15) is 9.18 Å². The topological polar surface area (TPSA) is 88.2 Å². The number of rotatable bonds is 3. The van der Waals surface area contributed by atoms with Gasteiger partial charge >= 0.3 is 5.97 Å². The summed E-state index contributed by atoms with van der Waals surface area (Å²) < 4.78 is 13.3. The molecule has 0 atom stereocenters. The van der Waals surface area contributed by atoms with Crippen LogP contribution in [0.4, 0.5) is 21.6 Å². The fourth-order valence-electron chi connectivity index (χ4n) is 1.69. The Hall–Kier alpha value is -2.63.